The quantitative estimate of drug-likeness (QED) is 0.238. The second-order valence-corrected chi connectivity index (χ2v) is 10.5. The molecule has 0 aliphatic carbocycles. The van der Waals surface area contributed by atoms with Gasteiger partial charge >= 0.3 is 5.97 Å². The summed E-state index contributed by atoms with van der Waals surface area (Å²) in [6, 6.07) is 8.69. The number of aryl methyl sites for hydroxylation is 3. The first-order valence-corrected chi connectivity index (χ1v) is 13.2. The molecule has 0 radical (unpaired) electrons. The van der Waals surface area contributed by atoms with E-state index in [1.54, 1.807) is 23.8 Å². The predicted molar refractivity (Wildman–Crippen MR) is 147 cm³/mol. The van der Waals surface area contributed by atoms with Crippen molar-refractivity contribution in [2.24, 2.45) is 0 Å². The van der Waals surface area contributed by atoms with E-state index < -0.39 is 41.7 Å². The monoisotopic (exact) mass is 556 g/mol. The van der Waals surface area contributed by atoms with Crippen LogP contribution in [0.3, 0.4) is 0 Å². The number of esters is 1. The molecule has 0 spiro atoms. The van der Waals surface area contributed by atoms with Crippen molar-refractivity contribution in [3.8, 4) is 17.2 Å². The molecule has 0 unspecified atom stereocenters. The van der Waals surface area contributed by atoms with Gasteiger partial charge in [-0.2, -0.15) is 0 Å². The van der Waals surface area contributed by atoms with Gasteiger partial charge in [0.15, 0.2) is 5.78 Å². The molecule has 2 aliphatic heterocycles. The summed E-state index contributed by atoms with van der Waals surface area (Å²) >= 11 is 0. The van der Waals surface area contributed by atoms with Gasteiger partial charge in [-0.3, -0.25) is 19.4 Å². The lowest BCUT2D eigenvalue weighted by molar-refractivity contribution is -0.140. The molecule has 2 aromatic carbocycles. The normalized spacial score (nSPS) is 16.1. The zero-order valence-corrected chi connectivity index (χ0v) is 22.7. The fourth-order valence-corrected chi connectivity index (χ4v) is 6.12. The Labute approximate surface area is 234 Å². The van der Waals surface area contributed by atoms with Crippen molar-refractivity contribution in [3.63, 3.8) is 0 Å². The second kappa shape index (κ2) is 9.74. The molecular weight excluding hydrogens is 528 g/mol. The Hall–Kier alpha value is -4.70. The molecule has 2 aliphatic rings. The average Bonchev–Trinajstić information content (AvgIpc) is 3.58. The van der Waals surface area contributed by atoms with Crippen LogP contribution in [0.25, 0.3) is 10.9 Å². The van der Waals surface area contributed by atoms with Crippen molar-refractivity contribution in [1.29, 1.82) is 0 Å². The maximum Gasteiger partial charge on any atom is 0.306 e. The number of rotatable bonds is 6. The summed E-state index contributed by atoms with van der Waals surface area (Å²) in [6.45, 7) is 3.43. The van der Waals surface area contributed by atoms with Crippen molar-refractivity contribution in [2.75, 3.05) is 7.11 Å². The Kier molecular flexibility index (Phi) is 6.30. The third-order valence-corrected chi connectivity index (χ3v) is 8.18. The number of ether oxygens (including phenoxy) is 2. The Morgan fingerprint density at radius 3 is 2.66 bits per heavy atom. The van der Waals surface area contributed by atoms with E-state index in [0.717, 1.165) is 16.5 Å². The highest BCUT2D eigenvalue weighted by Gasteiger charge is 2.37. The van der Waals surface area contributed by atoms with E-state index in [1.165, 1.54) is 20.1 Å². The van der Waals surface area contributed by atoms with Crippen molar-refractivity contribution < 1.29 is 34.4 Å². The van der Waals surface area contributed by atoms with Crippen LogP contribution in [0, 0.1) is 6.92 Å². The highest BCUT2D eigenvalue weighted by molar-refractivity contribution is 5.98. The second-order valence-electron chi connectivity index (χ2n) is 10.5. The fourth-order valence-electron chi connectivity index (χ4n) is 6.12. The van der Waals surface area contributed by atoms with Crippen LogP contribution in [-0.2, 0) is 33.8 Å². The zero-order valence-electron chi connectivity index (χ0n) is 22.7. The largest absolute Gasteiger partial charge is 0.507 e. The first kappa shape index (κ1) is 26.5. The van der Waals surface area contributed by atoms with Crippen LogP contribution in [0.15, 0.2) is 41.3 Å². The van der Waals surface area contributed by atoms with Gasteiger partial charge in [0.05, 0.1) is 36.9 Å². The summed E-state index contributed by atoms with van der Waals surface area (Å²) in [5.41, 5.74) is 2.78. The highest BCUT2D eigenvalue weighted by atomic mass is 16.5. The Bertz CT molecular complexity index is 1840. The Balaban J connectivity index is 1.63. The van der Waals surface area contributed by atoms with Gasteiger partial charge in [-0.25, -0.2) is 0 Å². The van der Waals surface area contributed by atoms with Gasteiger partial charge in [-0.1, -0.05) is 18.2 Å². The number of carbonyl (C=O) groups is 2. The minimum absolute atomic E-state index is 0.0925. The van der Waals surface area contributed by atoms with Gasteiger partial charge in [-0.05, 0) is 43.4 Å². The topological polar surface area (TPSA) is 148 Å². The lowest BCUT2D eigenvalue weighted by atomic mass is 9.83. The maximum atomic E-state index is 13.9. The van der Waals surface area contributed by atoms with E-state index in [1.807, 2.05) is 18.2 Å². The van der Waals surface area contributed by atoms with E-state index in [-0.39, 0.29) is 40.2 Å². The number of hydrogen-bond acceptors (Lipinski definition) is 9. The van der Waals surface area contributed by atoms with Crippen molar-refractivity contribution >= 4 is 22.7 Å². The zero-order chi connectivity index (χ0) is 29.2. The molecule has 6 rings (SSSR count). The summed E-state index contributed by atoms with van der Waals surface area (Å²) < 4.78 is 12.5. The third kappa shape index (κ3) is 4.05. The smallest absolute Gasteiger partial charge is 0.306 e. The predicted octanol–water partition coefficient (Wildman–Crippen LogP) is 3.90. The molecule has 0 bridgehead atoms. The molecule has 0 amide bonds. The van der Waals surface area contributed by atoms with E-state index in [9.17, 15) is 29.7 Å². The summed E-state index contributed by atoms with van der Waals surface area (Å²) in [6.07, 6.45) is 0.854. The number of ketones is 1. The summed E-state index contributed by atoms with van der Waals surface area (Å²) in [7, 11) is 1.21. The highest BCUT2D eigenvalue weighted by Crippen LogP contribution is 2.50. The van der Waals surface area contributed by atoms with Gasteiger partial charge in [0.2, 0.25) is 0 Å². The first-order valence-electron chi connectivity index (χ1n) is 13.2. The van der Waals surface area contributed by atoms with E-state index in [2.05, 4.69) is 4.98 Å². The standard InChI is InChI=1S/C31H28N2O8/c1-14-27(36)24-18(12-32-14)13-41-30(24)22-10-19(15(2)34)28(37)25(29(22)38)20(11-23(35)40-3)21-9-17-6-4-5-16-7-8-33(26(16)17)31(21)39/h4-6,9-10,12,20,30,36-38H,7-8,11,13H2,1-3H3/t20-,30+/m1/s1. The minimum atomic E-state index is -1.17. The summed E-state index contributed by atoms with van der Waals surface area (Å²) in [4.78, 5) is 43.5. The number of phenols is 2. The molecule has 2 atom stereocenters. The van der Waals surface area contributed by atoms with E-state index in [0.29, 0.717) is 29.8 Å². The number of carbonyl (C=O) groups excluding carboxylic acids is 2. The van der Waals surface area contributed by atoms with Crippen molar-refractivity contribution in [3.05, 3.63) is 91.5 Å². The van der Waals surface area contributed by atoms with Crippen molar-refractivity contribution in [1.82, 2.24) is 9.55 Å². The van der Waals surface area contributed by atoms with Crippen LogP contribution in [0.5, 0.6) is 17.2 Å². The lowest BCUT2D eigenvalue weighted by Gasteiger charge is -2.25. The number of aromatic nitrogens is 2. The van der Waals surface area contributed by atoms with Crippen LogP contribution in [0.1, 0.15) is 74.8 Å². The minimum Gasteiger partial charge on any atom is -0.507 e. The fraction of sp³-hybridized carbons (Fsp3) is 0.290. The van der Waals surface area contributed by atoms with Crippen molar-refractivity contribution in [2.45, 2.75) is 51.9 Å². The molecule has 210 valence electrons. The number of hydrogen-bond donors (Lipinski definition) is 3. The molecular formula is C31H28N2O8. The number of nitrogens with zero attached hydrogens (tertiary/aromatic N) is 2. The number of pyridine rings is 2. The first-order chi connectivity index (χ1) is 19.6. The summed E-state index contributed by atoms with van der Waals surface area (Å²) in [5, 5.41) is 34.8. The van der Waals surface area contributed by atoms with E-state index in [4.69, 9.17) is 9.47 Å². The van der Waals surface area contributed by atoms with Gasteiger partial charge in [0, 0.05) is 46.5 Å². The Morgan fingerprint density at radius 2 is 1.93 bits per heavy atom. The molecule has 0 saturated heterocycles. The number of fused-ring (bicyclic) bond motifs is 1. The van der Waals surface area contributed by atoms with Crippen LogP contribution in [0.4, 0.5) is 0 Å². The van der Waals surface area contributed by atoms with E-state index >= 15 is 0 Å². The molecule has 0 fully saturated rings. The van der Waals surface area contributed by atoms with Gasteiger partial charge < -0.3 is 29.4 Å². The molecule has 4 aromatic rings. The molecule has 0 saturated carbocycles. The number of phenolic OH excluding ortho intramolecular Hbond substituents is 2. The summed E-state index contributed by atoms with van der Waals surface area (Å²) in [5.74, 6) is -3.47. The number of para-hydroxylation sites is 1. The van der Waals surface area contributed by atoms with Gasteiger partial charge in [0.1, 0.15) is 23.4 Å². The Morgan fingerprint density at radius 1 is 1.15 bits per heavy atom. The maximum absolute atomic E-state index is 13.9. The molecule has 41 heavy (non-hydrogen) atoms. The average molecular weight is 557 g/mol. The SMILES string of the molecule is COC(=O)C[C@@H](c1c(O)c(C(C)=O)cc([C@@H]2OCc3cnc(C)c(O)c32)c1O)c1cc2cccc3c2n(c1=O)CC3. The van der Waals surface area contributed by atoms with Crippen LogP contribution in [0.2, 0.25) is 0 Å². The third-order valence-electron chi connectivity index (χ3n) is 8.18. The number of Topliss-reactive ketones (excluding diaryl/α,β-unsaturated/α-hetero) is 1. The van der Waals surface area contributed by atoms with Crippen LogP contribution >= 0.6 is 0 Å². The van der Waals surface area contributed by atoms with Crippen LogP contribution in [-0.4, -0.2) is 43.7 Å². The number of aromatic hydroxyl groups is 3. The molecule has 10 heteroatoms. The number of benzene rings is 2. The molecule has 3 N–H and O–H groups in total. The van der Waals surface area contributed by atoms with Gasteiger partial charge in [0.25, 0.3) is 5.56 Å². The molecule has 4 heterocycles. The molecule has 10 nitrogen and oxygen atoms in total. The van der Waals surface area contributed by atoms with Crippen LogP contribution < -0.4 is 5.56 Å². The lowest BCUT2D eigenvalue weighted by Crippen LogP contribution is -2.26. The number of methoxy groups -OCH3 is 1. The van der Waals surface area contributed by atoms with Gasteiger partial charge in [-0.15, -0.1) is 0 Å². The molecule has 2 aromatic heterocycles.